The molecule has 125 valence electrons. The second-order valence-corrected chi connectivity index (χ2v) is 7.00. The molecule has 0 saturated carbocycles. The van der Waals surface area contributed by atoms with Crippen LogP contribution in [0.15, 0.2) is 71.5 Å². The van der Waals surface area contributed by atoms with Crippen LogP contribution in [-0.4, -0.2) is 4.89 Å². The van der Waals surface area contributed by atoms with Crippen molar-refractivity contribution in [3.63, 3.8) is 0 Å². The Balaban J connectivity index is 0.00000176. The van der Waals surface area contributed by atoms with Crippen LogP contribution in [0, 0.1) is 0 Å². The second kappa shape index (κ2) is 9.27. The molecule has 1 radical (unpaired) electrons. The second-order valence-electron chi connectivity index (χ2n) is 5.26. The summed E-state index contributed by atoms with van der Waals surface area (Å²) < 4.78 is 18.0. The molecule has 3 rings (SSSR count). The van der Waals surface area contributed by atoms with Crippen molar-refractivity contribution in [2.24, 2.45) is 0 Å². The predicted molar refractivity (Wildman–Crippen MR) is 85.7 cm³/mol. The Morgan fingerprint density at radius 2 is 1.88 bits per heavy atom. The fraction of sp³-hybridized carbons (Fsp3) is 0.118. The maximum Gasteiger partial charge on any atom is 3.00 e. The molecule has 0 aromatic heterocycles. The molecule has 0 bridgehead atoms. The molecule has 3 nitrogen and oxygen atoms in total. The van der Waals surface area contributed by atoms with Crippen molar-refractivity contribution in [3.8, 4) is 0 Å². The van der Waals surface area contributed by atoms with Crippen LogP contribution in [0.1, 0.15) is 13.8 Å². The third kappa shape index (κ3) is 4.78. The van der Waals surface area contributed by atoms with Gasteiger partial charge in [0.05, 0.1) is 0 Å². The molecule has 1 aliphatic carbocycles. The summed E-state index contributed by atoms with van der Waals surface area (Å²) >= 11 is 0. The molecule has 0 spiro atoms. The Labute approximate surface area is 173 Å². The van der Waals surface area contributed by atoms with E-state index in [9.17, 15) is 9.46 Å². The molecular formula is C17H16Cl2O3PZr. The monoisotopic (exact) mass is 459 g/mol. The van der Waals surface area contributed by atoms with Gasteiger partial charge in [-0.25, -0.2) is 4.57 Å². The third-order valence-corrected chi connectivity index (χ3v) is 4.82. The zero-order chi connectivity index (χ0) is 15.0. The van der Waals surface area contributed by atoms with E-state index >= 15 is 0 Å². The van der Waals surface area contributed by atoms with Crippen molar-refractivity contribution >= 4 is 23.7 Å². The van der Waals surface area contributed by atoms with E-state index in [0.717, 1.165) is 21.9 Å². The fourth-order valence-corrected chi connectivity index (χ4v) is 3.52. The minimum absolute atomic E-state index is 0. The molecular weight excluding hydrogens is 445 g/mol. The molecule has 1 unspecified atom stereocenters. The minimum atomic E-state index is -3.89. The summed E-state index contributed by atoms with van der Waals surface area (Å²) in [4.78, 5) is 10.3. The quantitative estimate of drug-likeness (QED) is 0.433. The molecule has 0 amide bonds. The first kappa shape index (κ1) is 23.5. The van der Waals surface area contributed by atoms with Gasteiger partial charge in [0.15, 0.2) is 0 Å². The van der Waals surface area contributed by atoms with E-state index in [1.165, 1.54) is 0 Å². The minimum Gasteiger partial charge on any atom is -1.00 e. The van der Waals surface area contributed by atoms with Crippen LogP contribution in [0.4, 0.5) is 0 Å². The third-order valence-electron chi connectivity index (χ3n) is 3.47. The number of rotatable bonds is 3. The van der Waals surface area contributed by atoms with Gasteiger partial charge in [0, 0.05) is 5.57 Å². The standard InChI is InChI=1S/C17H16O3P.2ClH.Zr/c1-12(2)16-8-5-9-17(16)20-21(18,19)15-10-13-6-3-4-7-14(13)11-15;;;/h3-11H,1-2H3,(H,18,19);2*1H;/q-1;;;+3/p-2. The Hall–Kier alpha value is -0.497. The maximum atomic E-state index is 12.6. The molecule has 2 aromatic carbocycles. The van der Waals surface area contributed by atoms with Crippen LogP contribution in [0.25, 0.3) is 10.8 Å². The fourth-order valence-electron chi connectivity index (χ4n) is 2.38. The number of halogens is 2. The summed E-state index contributed by atoms with van der Waals surface area (Å²) in [7, 11) is -3.89. The van der Waals surface area contributed by atoms with Crippen molar-refractivity contribution in [2.75, 3.05) is 0 Å². The van der Waals surface area contributed by atoms with E-state index in [2.05, 4.69) is 0 Å². The van der Waals surface area contributed by atoms with Crippen molar-refractivity contribution in [2.45, 2.75) is 13.8 Å². The molecule has 24 heavy (non-hydrogen) atoms. The van der Waals surface area contributed by atoms with Gasteiger partial charge in [0.25, 0.3) is 0 Å². The van der Waals surface area contributed by atoms with Gasteiger partial charge in [0.2, 0.25) is 0 Å². The number of benzene rings is 1. The zero-order valence-electron chi connectivity index (χ0n) is 13.2. The van der Waals surface area contributed by atoms with Gasteiger partial charge in [-0.15, -0.1) is 35.0 Å². The summed E-state index contributed by atoms with van der Waals surface area (Å²) in [6.07, 6.45) is 5.42. The molecule has 1 atom stereocenters. The Kier molecular flexibility index (Phi) is 9.08. The van der Waals surface area contributed by atoms with Gasteiger partial charge in [-0.1, -0.05) is 23.8 Å². The normalized spacial score (nSPS) is 14.8. The number of allylic oxidation sites excluding steroid dienone is 4. The molecule has 0 heterocycles. The van der Waals surface area contributed by atoms with Crippen LogP contribution in [0.2, 0.25) is 0 Å². The van der Waals surface area contributed by atoms with Crippen LogP contribution in [-0.2, 0) is 35.3 Å². The van der Waals surface area contributed by atoms with Crippen LogP contribution >= 0.6 is 7.60 Å². The SMILES string of the molecule is CC(C)=C1C=CC=C1OP(=O)(O)c1cc2ccccc2[cH-]1.[Cl-].[Cl-].[Zr+3]. The van der Waals surface area contributed by atoms with Gasteiger partial charge in [-0.05, 0) is 25.2 Å². The first-order chi connectivity index (χ1) is 9.97. The average molecular weight is 461 g/mol. The number of fused-ring (bicyclic) bond motifs is 1. The van der Waals surface area contributed by atoms with E-state index in [1.807, 2.05) is 50.3 Å². The Bertz CT molecular complexity index is 815. The van der Waals surface area contributed by atoms with Gasteiger partial charge < -0.3 is 34.2 Å². The predicted octanol–water partition coefficient (Wildman–Crippen LogP) is -1.82. The van der Waals surface area contributed by atoms with Crippen molar-refractivity contribution in [1.29, 1.82) is 0 Å². The smallest absolute Gasteiger partial charge is 1.00 e. The molecule has 0 saturated heterocycles. The van der Waals surface area contributed by atoms with E-state index < -0.39 is 7.60 Å². The van der Waals surface area contributed by atoms with E-state index in [1.54, 1.807) is 18.2 Å². The van der Waals surface area contributed by atoms with Crippen LogP contribution < -0.4 is 30.1 Å². The summed E-state index contributed by atoms with van der Waals surface area (Å²) in [5.41, 5.74) is 1.91. The summed E-state index contributed by atoms with van der Waals surface area (Å²) in [5.74, 6) is 0.450. The first-order valence-electron chi connectivity index (χ1n) is 6.72. The van der Waals surface area contributed by atoms with Crippen molar-refractivity contribution in [1.82, 2.24) is 0 Å². The molecule has 2 aromatic rings. The van der Waals surface area contributed by atoms with E-state index in [4.69, 9.17) is 4.52 Å². The van der Waals surface area contributed by atoms with Gasteiger partial charge in [-0.2, -0.15) is 6.07 Å². The maximum absolute atomic E-state index is 12.6. The van der Waals surface area contributed by atoms with Crippen molar-refractivity contribution < 1.29 is 65.0 Å². The van der Waals surface area contributed by atoms with Gasteiger partial charge in [0.1, 0.15) is 5.76 Å². The Morgan fingerprint density at radius 3 is 2.50 bits per heavy atom. The van der Waals surface area contributed by atoms with Crippen LogP contribution in [0.3, 0.4) is 0 Å². The topological polar surface area (TPSA) is 46.5 Å². The van der Waals surface area contributed by atoms with Crippen LogP contribution in [0.5, 0.6) is 0 Å². The average Bonchev–Trinajstić information content (AvgIpc) is 3.04. The van der Waals surface area contributed by atoms with E-state index in [-0.39, 0.29) is 51.0 Å². The Morgan fingerprint density at radius 1 is 1.21 bits per heavy atom. The summed E-state index contributed by atoms with van der Waals surface area (Å²) in [6, 6.07) is 11.1. The molecule has 1 N–H and O–H groups in total. The van der Waals surface area contributed by atoms with Crippen molar-refractivity contribution in [3.05, 3.63) is 71.5 Å². The molecule has 7 heteroatoms. The first-order valence-corrected chi connectivity index (χ1v) is 8.30. The number of hydrogen-bond acceptors (Lipinski definition) is 2. The molecule has 1 aliphatic rings. The summed E-state index contributed by atoms with van der Waals surface area (Å²) in [6.45, 7) is 3.89. The zero-order valence-corrected chi connectivity index (χ0v) is 18.0. The van der Waals surface area contributed by atoms with E-state index in [0.29, 0.717) is 11.1 Å². The molecule has 0 aliphatic heterocycles. The van der Waals surface area contributed by atoms with Gasteiger partial charge >= 0.3 is 33.8 Å². The number of hydrogen-bond donors (Lipinski definition) is 1. The van der Waals surface area contributed by atoms with Gasteiger partial charge in [-0.3, -0.25) is 0 Å². The molecule has 0 fully saturated rings. The largest absolute Gasteiger partial charge is 3.00 e. The summed E-state index contributed by atoms with van der Waals surface area (Å²) in [5, 5.41) is 2.20.